The smallest absolute Gasteiger partial charge is 0.191 e. The number of aliphatic imine (C=N–C) groups is 1. The normalized spacial score (nSPS) is 13.2. The molecule has 0 spiro atoms. The Balaban J connectivity index is 1.88. The predicted octanol–water partition coefficient (Wildman–Crippen LogP) is 3.25. The van der Waals surface area contributed by atoms with Crippen LogP contribution in [0, 0.1) is 0 Å². The first-order valence-electron chi connectivity index (χ1n) is 6.67. The minimum atomic E-state index is -0.590. The average Bonchev–Trinajstić information content (AvgIpc) is 3.13. The van der Waals surface area contributed by atoms with Crippen molar-refractivity contribution in [3.05, 3.63) is 43.7 Å². The van der Waals surface area contributed by atoms with Crippen LogP contribution in [0.25, 0.3) is 0 Å². The molecule has 7 heteroatoms. The molecule has 0 aliphatic carbocycles. The standard InChI is InChI=1S/C14H18ClN3OS2/c1-2-16-14(17-8-10-4-3-7-20-10)18-9-11(19)12-5-6-13(15)21-12/h3-7,11,19H,2,8-9H2,1H3,(H2,16,17,18). The first-order valence-corrected chi connectivity index (χ1v) is 8.74. The Morgan fingerprint density at radius 3 is 2.86 bits per heavy atom. The van der Waals surface area contributed by atoms with Gasteiger partial charge in [-0.15, -0.1) is 22.7 Å². The summed E-state index contributed by atoms with van der Waals surface area (Å²) in [5.74, 6) is 0.701. The molecule has 2 aromatic rings. The van der Waals surface area contributed by atoms with Gasteiger partial charge in [-0.05, 0) is 30.5 Å². The molecule has 1 unspecified atom stereocenters. The molecule has 2 aromatic heterocycles. The summed E-state index contributed by atoms with van der Waals surface area (Å²) < 4.78 is 0.683. The number of aliphatic hydroxyl groups excluding tert-OH is 1. The van der Waals surface area contributed by atoms with E-state index in [4.69, 9.17) is 11.6 Å². The molecular weight excluding hydrogens is 326 g/mol. The highest BCUT2D eigenvalue weighted by atomic mass is 35.5. The molecule has 4 nitrogen and oxygen atoms in total. The molecule has 21 heavy (non-hydrogen) atoms. The summed E-state index contributed by atoms with van der Waals surface area (Å²) in [5, 5.41) is 18.5. The van der Waals surface area contributed by atoms with Crippen molar-refractivity contribution in [2.45, 2.75) is 19.6 Å². The van der Waals surface area contributed by atoms with Crippen molar-refractivity contribution < 1.29 is 5.11 Å². The summed E-state index contributed by atoms with van der Waals surface area (Å²) in [6, 6.07) is 7.70. The van der Waals surface area contributed by atoms with Crippen LogP contribution >= 0.6 is 34.3 Å². The molecule has 2 rings (SSSR count). The first kappa shape index (κ1) is 16.3. The Morgan fingerprint density at radius 1 is 1.38 bits per heavy atom. The maximum absolute atomic E-state index is 10.1. The topological polar surface area (TPSA) is 56.7 Å². The Hall–Kier alpha value is -1.08. The zero-order chi connectivity index (χ0) is 15.1. The largest absolute Gasteiger partial charge is 0.386 e. The van der Waals surface area contributed by atoms with Crippen LogP contribution in [0.2, 0.25) is 4.34 Å². The highest BCUT2D eigenvalue weighted by Gasteiger charge is 2.10. The second-order valence-corrected chi connectivity index (χ2v) is 7.09. The van der Waals surface area contributed by atoms with Gasteiger partial charge in [-0.2, -0.15) is 0 Å². The highest BCUT2D eigenvalue weighted by molar-refractivity contribution is 7.16. The van der Waals surface area contributed by atoms with Gasteiger partial charge in [0.1, 0.15) is 6.10 Å². The van der Waals surface area contributed by atoms with Gasteiger partial charge in [-0.3, -0.25) is 0 Å². The minimum Gasteiger partial charge on any atom is -0.386 e. The molecule has 1 atom stereocenters. The number of halogens is 1. The maximum atomic E-state index is 10.1. The van der Waals surface area contributed by atoms with E-state index in [1.54, 1.807) is 17.4 Å². The van der Waals surface area contributed by atoms with Crippen LogP contribution in [-0.4, -0.2) is 24.2 Å². The van der Waals surface area contributed by atoms with Crippen molar-refractivity contribution in [1.82, 2.24) is 10.6 Å². The van der Waals surface area contributed by atoms with E-state index < -0.39 is 6.10 Å². The summed E-state index contributed by atoms with van der Waals surface area (Å²) in [5.41, 5.74) is 0. The number of hydrogen-bond donors (Lipinski definition) is 3. The molecule has 0 bridgehead atoms. The lowest BCUT2D eigenvalue weighted by Crippen LogP contribution is -2.39. The van der Waals surface area contributed by atoms with Gasteiger partial charge in [-0.25, -0.2) is 4.99 Å². The van der Waals surface area contributed by atoms with Crippen LogP contribution in [0.4, 0.5) is 0 Å². The van der Waals surface area contributed by atoms with Gasteiger partial charge in [0, 0.05) is 22.8 Å². The van der Waals surface area contributed by atoms with Crippen LogP contribution in [0.1, 0.15) is 22.8 Å². The molecule has 0 amide bonds. The van der Waals surface area contributed by atoms with E-state index in [-0.39, 0.29) is 0 Å². The first-order chi connectivity index (χ1) is 10.2. The van der Waals surface area contributed by atoms with Crippen molar-refractivity contribution in [1.29, 1.82) is 0 Å². The summed E-state index contributed by atoms with van der Waals surface area (Å²) in [7, 11) is 0. The zero-order valence-corrected chi connectivity index (χ0v) is 14.1. The quantitative estimate of drug-likeness (QED) is 0.557. The summed E-state index contributed by atoms with van der Waals surface area (Å²) >= 11 is 8.95. The van der Waals surface area contributed by atoms with Crippen LogP contribution in [0.5, 0.6) is 0 Å². The van der Waals surface area contributed by atoms with Crippen molar-refractivity contribution in [2.24, 2.45) is 4.99 Å². The van der Waals surface area contributed by atoms with Gasteiger partial charge in [0.2, 0.25) is 0 Å². The second kappa shape index (κ2) is 8.38. The van der Waals surface area contributed by atoms with Gasteiger partial charge in [0.15, 0.2) is 5.96 Å². The van der Waals surface area contributed by atoms with Gasteiger partial charge in [-0.1, -0.05) is 17.7 Å². The molecular formula is C14H18ClN3OS2. The van der Waals surface area contributed by atoms with Crippen LogP contribution in [0.3, 0.4) is 0 Å². The second-order valence-electron chi connectivity index (χ2n) is 4.31. The molecule has 0 aliphatic rings. The summed E-state index contributed by atoms with van der Waals surface area (Å²) in [4.78, 5) is 6.55. The van der Waals surface area contributed by atoms with E-state index in [1.807, 2.05) is 24.4 Å². The van der Waals surface area contributed by atoms with Crippen molar-refractivity contribution in [3.8, 4) is 0 Å². The third kappa shape index (κ3) is 5.32. The number of thiophene rings is 2. The number of nitrogens with one attached hydrogen (secondary N) is 2. The Morgan fingerprint density at radius 2 is 2.24 bits per heavy atom. The molecule has 2 heterocycles. The van der Waals surface area contributed by atoms with Gasteiger partial charge in [0.25, 0.3) is 0 Å². The Bertz CT molecular complexity index is 569. The number of guanidine groups is 1. The molecule has 0 fully saturated rings. The predicted molar refractivity (Wildman–Crippen MR) is 91.4 cm³/mol. The molecule has 0 saturated carbocycles. The minimum absolute atomic E-state index is 0.396. The molecule has 0 aliphatic heterocycles. The summed E-state index contributed by atoms with van der Waals surface area (Å²) in [6.45, 7) is 3.82. The zero-order valence-electron chi connectivity index (χ0n) is 11.7. The lowest BCUT2D eigenvalue weighted by atomic mass is 10.3. The molecule has 0 saturated heterocycles. The molecule has 3 N–H and O–H groups in total. The van der Waals surface area contributed by atoms with Crippen LogP contribution in [0.15, 0.2) is 34.6 Å². The van der Waals surface area contributed by atoms with Crippen molar-refractivity contribution >= 4 is 40.2 Å². The summed E-state index contributed by atoms with van der Waals surface area (Å²) in [6.07, 6.45) is -0.590. The number of nitrogens with zero attached hydrogens (tertiary/aromatic N) is 1. The number of hydrogen-bond acceptors (Lipinski definition) is 4. The van der Waals surface area contributed by atoms with E-state index in [1.165, 1.54) is 16.2 Å². The SMILES string of the molecule is CCNC(=NCc1cccs1)NCC(O)c1ccc(Cl)s1. The average molecular weight is 344 g/mol. The van der Waals surface area contributed by atoms with E-state index in [9.17, 15) is 5.11 Å². The molecule has 0 aromatic carbocycles. The Labute approximate surface area is 137 Å². The fraction of sp³-hybridized carbons (Fsp3) is 0.357. The fourth-order valence-electron chi connectivity index (χ4n) is 1.70. The van der Waals surface area contributed by atoms with Crippen LogP contribution < -0.4 is 10.6 Å². The fourth-order valence-corrected chi connectivity index (χ4v) is 3.38. The lowest BCUT2D eigenvalue weighted by molar-refractivity contribution is 0.184. The Kier molecular flexibility index (Phi) is 6.50. The van der Waals surface area contributed by atoms with Crippen LogP contribution in [-0.2, 0) is 6.54 Å². The number of rotatable bonds is 6. The van der Waals surface area contributed by atoms with Crippen molar-refractivity contribution in [3.63, 3.8) is 0 Å². The van der Waals surface area contributed by atoms with E-state index in [0.717, 1.165) is 11.4 Å². The molecule has 114 valence electrons. The third-order valence-corrected chi connectivity index (χ3v) is 4.90. The monoisotopic (exact) mass is 343 g/mol. The van der Waals surface area contributed by atoms with E-state index in [0.29, 0.717) is 23.4 Å². The highest BCUT2D eigenvalue weighted by Crippen LogP contribution is 2.26. The van der Waals surface area contributed by atoms with Crippen molar-refractivity contribution in [2.75, 3.05) is 13.1 Å². The van der Waals surface area contributed by atoms with E-state index >= 15 is 0 Å². The number of aliphatic hydroxyl groups is 1. The van der Waals surface area contributed by atoms with Gasteiger partial charge < -0.3 is 15.7 Å². The van der Waals surface area contributed by atoms with E-state index in [2.05, 4.69) is 21.7 Å². The van der Waals surface area contributed by atoms with Gasteiger partial charge >= 0.3 is 0 Å². The molecule has 0 radical (unpaired) electrons. The lowest BCUT2D eigenvalue weighted by Gasteiger charge is -2.14. The third-order valence-electron chi connectivity index (χ3n) is 2.70. The van der Waals surface area contributed by atoms with Gasteiger partial charge in [0.05, 0.1) is 10.9 Å². The maximum Gasteiger partial charge on any atom is 0.191 e.